The third-order valence-electron chi connectivity index (χ3n) is 6.02. The monoisotopic (exact) mass is 528 g/mol. The maximum atomic E-state index is 12.9. The summed E-state index contributed by atoms with van der Waals surface area (Å²) >= 11 is 0. The molecule has 0 unspecified atom stereocenters. The number of rotatable bonds is 13. The minimum atomic E-state index is -0.776. The van der Waals surface area contributed by atoms with Gasteiger partial charge in [-0.2, -0.15) is 0 Å². The Bertz CT molecular complexity index is 1290. The van der Waals surface area contributed by atoms with Crippen molar-refractivity contribution in [2.45, 2.75) is 32.6 Å². The van der Waals surface area contributed by atoms with Gasteiger partial charge in [-0.05, 0) is 66.6 Å². The first-order valence-electron chi connectivity index (χ1n) is 13.1. The van der Waals surface area contributed by atoms with Crippen LogP contribution in [0, 0.1) is 0 Å². The lowest BCUT2D eigenvalue weighted by molar-refractivity contribution is -0.122. The molecule has 0 atom stereocenters. The van der Waals surface area contributed by atoms with Crippen LogP contribution in [-0.2, 0) is 9.59 Å². The second-order valence-corrected chi connectivity index (χ2v) is 8.94. The van der Waals surface area contributed by atoms with Crippen LogP contribution in [0.4, 0.5) is 10.5 Å². The van der Waals surface area contributed by atoms with Crippen LogP contribution in [0.15, 0.2) is 84.4 Å². The highest BCUT2D eigenvalue weighted by Crippen LogP contribution is 2.23. The molecule has 1 saturated heterocycles. The number of hydrogen-bond acceptors (Lipinski definition) is 6. The highest BCUT2D eigenvalue weighted by molar-refractivity contribution is 6.39. The first kappa shape index (κ1) is 27.4. The van der Waals surface area contributed by atoms with Gasteiger partial charge in [-0.15, -0.1) is 0 Å². The molecule has 0 saturated carbocycles. The lowest BCUT2D eigenvalue weighted by Gasteiger charge is -2.26. The van der Waals surface area contributed by atoms with Gasteiger partial charge in [0.05, 0.1) is 12.3 Å². The van der Waals surface area contributed by atoms with Gasteiger partial charge in [0.25, 0.3) is 11.8 Å². The predicted molar refractivity (Wildman–Crippen MR) is 149 cm³/mol. The molecule has 1 aliphatic heterocycles. The molecular weight excluding hydrogens is 496 g/mol. The second kappa shape index (κ2) is 13.8. The molecular formula is C31H32N2O6. The van der Waals surface area contributed by atoms with Gasteiger partial charge < -0.3 is 14.2 Å². The van der Waals surface area contributed by atoms with Crippen LogP contribution in [-0.4, -0.2) is 37.7 Å². The summed E-state index contributed by atoms with van der Waals surface area (Å²) in [5, 5.41) is 2.22. The standard InChI is InChI=1S/C31H32N2O6/c1-2-3-4-8-19-37-26-15-17-27(18-16-26)39-21-20-38-25-13-11-23(12-14-25)22-28-29(34)32-31(36)33(30(28)35)24-9-6-5-7-10-24/h5-7,9-18,22H,2-4,8,19-21H2,1H3,(H,32,34,36)/b28-22-. The van der Waals surface area contributed by atoms with E-state index >= 15 is 0 Å². The van der Waals surface area contributed by atoms with E-state index in [4.69, 9.17) is 14.2 Å². The second-order valence-electron chi connectivity index (χ2n) is 8.94. The van der Waals surface area contributed by atoms with Crippen molar-refractivity contribution in [3.8, 4) is 17.2 Å². The summed E-state index contributed by atoms with van der Waals surface area (Å²) < 4.78 is 17.2. The quantitative estimate of drug-likeness (QED) is 0.172. The van der Waals surface area contributed by atoms with Crippen LogP contribution in [0.25, 0.3) is 6.08 Å². The zero-order chi connectivity index (χ0) is 27.5. The van der Waals surface area contributed by atoms with Crippen molar-refractivity contribution in [3.63, 3.8) is 0 Å². The normalized spacial score (nSPS) is 14.3. The summed E-state index contributed by atoms with van der Waals surface area (Å²) in [7, 11) is 0. The molecule has 4 amide bonds. The van der Waals surface area contributed by atoms with E-state index in [0.29, 0.717) is 30.2 Å². The Kier molecular flexibility index (Phi) is 9.72. The van der Waals surface area contributed by atoms with E-state index in [0.717, 1.165) is 29.4 Å². The van der Waals surface area contributed by atoms with E-state index in [1.165, 1.54) is 25.3 Å². The Hall–Kier alpha value is -4.59. The number of carbonyl (C=O) groups excluding carboxylic acids is 3. The van der Waals surface area contributed by atoms with Crippen LogP contribution < -0.4 is 24.4 Å². The third kappa shape index (κ3) is 7.70. The molecule has 0 aliphatic carbocycles. The van der Waals surface area contributed by atoms with E-state index in [9.17, 15) is 14.4 Å². The van der Waals surface area contributed by atoms with Gasteiger partial charge in [-0.1, -0.05) is 56.5 Å². The Balaban J connectivity index is 1.25. The summed E-state index contributed by atoms with van der Waals surface area (Å²) in [6.07, 6.45) is 6.14. The predicted octanol–water partition coefficient (Wildman–Crippen LogP) is 5.77. The molecule has 0 bridgehead atoms. The number of carbonyl (C=O) groups is 3. The van der Waals surface area contributed by atoms with Gasteiger partial charge in [-0.3, -0.25) is 14.9 Å². The van der Waals surface area contributed by atoms with E-state index in [1.54, 1.807) is 54.6 Å². The van der Waals surface area contributed by atoms with Gasteiger partial charge in [0.15, 0.2) is 0 Å². The molecule has 0 spiro atoms. The fourth-order valence-corrected chi connectivity index (χ4v) is 3.97. The van der Waals surface area contributed by atoms with E-state index in [1.807, 2.05) is 24.3 Å². The molecule has 0 radical (unpaired) electrons. The molecule has 202 valence electrons. The minimum Gasteiger partial charge on any atom is -0.494 e. The topological polar surface area (TPSA) is 94.2 Å². The van der Waals surface area contributed by atoms with Gasteiger partial charge in [0.1, 0.15) is 36.0 Å². The third-order valence-corrected chi connectivity index (χ3v) is 6.02. The van der Waals surface area contributed by atoms with Gasteiger partial charge in [0.2, 0.25) is 0 Å². The number of nitrogens with one attached hydrogen (secondary N) is 1. The molecule has 8 nitrogen and oxygen atoms in total. The largest absolute Gasteiger partial charge is 0.494 e. The number of ether oxygens (including phenoxy) is 3. The molecule has 3 aromatic rings. The summed E-state index contributed by atoms with van der Waals surface area (Å²) in [5.41, 5.74) is 0.868. The van der Waals surface area contributed by atoms with Crippen molar-refractivity contribution in [1.82, 2.24) is 5.32 Å². The Morgan fingerprint density at radius 3 is 1.85 bits per heavy atom. The first-order valence-corrected chi connectivity index (χ1v) is 13.1. The number of imide groups is 2. The lowest BCUT2D eigenvalue weighted by atomic mass is 10.1. The molecule has 4 rings (SSSR count). The highest BCUT2D eigenvalue weighted by Gasteiger charge is 2.36. The number of anilines is 1. The van der Waals surface area contributed by atoms with Gasteiger partial charge in [-0.25, -0.2) is 9.69 Å². The van der Waals surface area contributed by atoms with Crippen molar-refractivity contribution in [2.24, 2.45) is 0 Å². The Labute approximate surface area is 228 Å². The zero-order valence-corrected chi connectivity index (χ0v) is 21.9. The fourth-order valence-electron chi connectivity index (χ4n) is 3.97. The van der Waals surface area contributed by atoms with E-state index in [2.05, 4.69) is 12.2 Å². The zero-order valence-electron chi connectivity index (χ0n) is 21.9. The summed E-state index contributed by atoms with van der Waals surface area (Å²) in [6, 6.07) is 22.2. The average molecular weight is 529 g/mol. The van der Waals surface area contributed by atoms with Crippen LogP contribution >= 0.6 is 0 Å². The fraction of sp³-hybridized carbons (Fsp3) is 0.258. The number of barbiturate groups is 1. The Morgan fingerprint density at radius 2 is 1.26 bits per heavy atom. The molecule has 1 aliphatic rings. The number of urea groups is 1. The maximum absolute atomic E-state index is 12.9. The molecule has 0 aromatic heterocycles. The van der Waals surface area contributed by atoms with Crippen molar-refractivity contribution < 1.29 is 28.6 Å². The van der Waals surface area contributed by atoms with Crippen molar-refractivity contribution in [3.05, 3.63) is 90.0 Å². The number of hydrogen-bond donors (Lipinski definition) is 1. The van der Waals surface area contributed by atoms with Crippen LogP contribution in [0.3, 0.4) is 0 Å². The lowest BCUT2D eigenvalue weighted by Crippen LogP contribution is -2.54. The van der Waals surface area contributed by atoms with Crippen LogP contribution in [0.1, 0.15) is 38.2 Å². The molecule has 1 fully saturated rings. The van der Waals surface area contributed by atoms with Crippen molar-refractivity contribution >= 4 is 29.6 Å². The summed E-state index contributed by atoms with van der Waals surface area (Å²) in [4.78, 5) is 38.5. The maximum Gasteiger partial charge on any atom is 0.335 e. The van der Waals surface area contributed by atoms with E-state index < -0.39 is 17.8 Å². The minimum absolute atomic E-state index is 0.131. The SMILES string of the molecule is CCCCCCOc1ccc(OCCOc2ccc(/C=C3/C(=O)NC(=O)N(c4ccccc4)C3=O)cc2)cc1. The molecule has 3 aromatic carbocycles. The molecule has 39 heavy (non-hydrogen) atoms. The number of unbranched alkanes of at least 4 members (excludes halogenated alkanes) is 3. The highest BCUT2D eigenvalue weighted by atomic mass is 16.5. The average Bonchev–Trinajstić information content (AvgIpc) is 2.95. The number of benzene rings is 3. The van der Waals surface area contributed by atoms with Crippen LogP contribution in [0.5, 0.6) is 17.2 Å². The molecule has 8 heteroatoms. The number of para-hydroxylation sites is 1. The number of nitrogens with zero attached hydrogens (tertiary/aromatic N) is 1. The van der Waals surface area contributed by atoms with Crippen molar-refractivity contribution in [2.75, 3.05) is 24.7 Å². The Morgan fingerprint density at radius 1 is 0.692 bits per heavy atom. The van der Waals surface area contributed by atoms with Gasteiger partial charge in [0, 0.05) is 0 Å². The van der Waals surface area contributed by atoms with Crippen LogP contribution in [0.2, 0.25) is 0 Å². The van der Waals surface area contributed by atoms with E-state index in [-0.39, 0.29) is 5.57 Å². The van der Waals surface area contributed by atoms with Crippen molar-refractivity contribution in [1.29, 1.82) is 0 Å². The smallest absolute Gasteiger partial charge is 0.335 e. The molecule has 1 N–H and O–H groups in total. The summed E-state index contributed by atoms with van der Waals surface area (Å²) in [6.45, 7) is 3.61. The van der Waals surface area contributed by atoms with Gasteiger partial charge >= 0.3 is 6.03 Å². The first-order chi connectivity index (χ1) is 19.0. The number of amides is 4. The molecule has 1 heterocycles. The summed E-state index contributed by atoms with van der Waals surface area (Å²) in [5.74, 6) is 0.766.